The van der Waals surface area contributed by atoms with Crippen LogP contribution in [0.15, 0.2) is 0 Å². The van der Waals surface area contributed by atoms with Gasteiger partial charge < -0.3 is 15.3 Å². The molecule has 8 nitrogen and oxygen atoms in total. The number of amides is 4. The molecule has 1 heterocycles. The molecule has 0 aliphatic carbocycles. The van der Waals surface area contributed by atoms with Crippen molar-refractivity contribution in [3.8, 4) is 0 Å². The van der Waals surface area contributed by atoms with Crippen molar-refractivity contribution >= 4 is 23.8 Å². The number of carboxylic acids is 1. The average Bonchev–Trinajstić information content (AvgIpc) is 2.55. The number of carbonyl (C=O) groups excluding carboxylic acids is 3. The zero-order chi connectivity index (χ0) is 16.2. The van der Waals surface area contributed by atoms with E-state index in [1.165, 1.54) is 4.90 Å². The Morgan fingerprint density at radius 2 is 1.90 bits per heavy atom. The molecule has 1 fully saturated rings. The van der Waals surface area contributed by atoms with Gasteiger partial charge in [-0.25, -0.2) is 4.79 Å². The van der Waals surface area contributed by atoms with Crippen LogP contribution in [0.4, 0.5) is 4.79 Å². The third-order valence-corrected chi connectivity index (χ3v) is 3.30. The summed E-state index contributed by atoms with van der Waals surface area (Å²) in [6.07, 6.45) is 0.394. The highest BCUT2D eigenvalue weighted by Gasteiger charge is 2.44. The van der Waals surface area contributed by atoms with Crippen LogP contribution >= 0.6 is 0 Å². The number of carbonyl (C=O) groups is 4. The number of nitrogens with zero attached hydrogens (tertiary/aromatic N) is 2. The second kappa shape index (κ2) is 6.55. The molecule has 0 aromatic heterocycles. The third kappa shape index (κ3) is 4.44. The minimum atomic E-state index is -0.937. The van der Waals surface area contributed by atoms with Crippen molar-refractivity contribution in [3.63, 3.8) is 0 Å². The summed E-state index contributed by atoms with van der Waals surface area (Å²) in [4.78, 5) is 48.2. The predicted octanol–water partition coefficient (Wildman–Crippen LogP) is 0.0301. The summed E-state index contributed by atoms with van der Waals surface area (Å²) in [6.45, 7) is 3.56. The molecule has 4 amide bonds. The van der Waals surface area contributed by atoms with E-state index in [0.29, 0.717) is 13.0 Å². The van der Waals surface area contributed by atoms with E-state index in [2.05, 4.69) is 5.32 Å². The smallest absolute Gasteiger partial charge is 0.325 e. The van der Waals surface area contributed by atoms with Gasteiger partial charge >= 0.3 is 12.0 Å². The van der Waals surface area contributed by atoms with Crippen molar-refractivity contribution in [2.24, 2.45) is 0 Å². The number of imide groups is 1. The van der Waals surface area contributed by atoms with Crippen molar-refractivity contribution < 1.29 is 24.3 Å². The van der Waals surface area contributed by atoms with Crippen molar-refractivity contribution in [2.45, 2.75) is 38.6 Å². The van der Waals surface area contributed by atoms with Crippen LogP contribution in [0.1, 0.15) is 33.1 Å². The molecule has 0 atom stereocenters. The van der Waals surface area contributed by atoms with Crippen LogP contribution in [0.25, 0.3) is 0 Å². The molecule has 1 aliphatic rings. The van der Waals surface area contributed by atoms with Gasteiger partial charge in [0, 0.05) is 33.0 Å². The zero-order valence-electron chi connectivity index (χ0n) is 12.5. The largest absolute Gasteiger partial charge is 0.481 e. The summed E-state index contributed by atoms with van der Waals surface area (Å²) < 4.78 is 0. The van der Waals surface area contributed by atoms with Crippen molar-refractivity contribution in [3.05, 3.63) is 0 Å². The van der Waals surface area contributed by atoms with E-state index in [4.69, 9.17) is 5.11 Å². The highest BCUT2D eigenvalue weighted by Crippen LogP contribution is 2.16. The molecule has 0 bridgehead atoms. The summed E-state index contributed by atoms with van der Waals surface area (Å²) >= 11 is 0. The summed E-state index contributed by atoms with van der Waals surface area (Å²) in [6, 6.07) is -0.494. The van der Waals surface area contributed by atoms with E-state index in [9.17, 15) is 19.2 Å². The fraction of sp³-hybridized carbons (Fsp3) is 0.692. The molecule has 21 heavy (non-hydrogen) atoms. The lowest BCUT2D eigenvalue weighted by Gasteiger charge is -2.19. The Kier molecular flexibility index (Phi) is 5.28. The predicted molar refractivity (Wildman–Crippen MR) is 73.4 cm³/mol. The van der Waals surface area contributed by atoms with Crippen LogP contribution in [-0.4, -0.2) is 64.4 Å². The van der Waals surface area contributed by atoms with Gasteiger partial charge in [-0.1, -0.05) is 0 Å². The number of hydrogen-bond donors (Lipinski definition) is 2. The Labute approximate surface area is 123 Å². The van der Waals surface area contributed by atoms with Gasteiger partial charge in [-0.15, -0.1) is 0 Å². The molecular formula is C13H21N3O5. The normalized spacial score (nSPS) is 16.8. The van der Waals surface area contributed by atoms with Crippen LogP contribution in [0, 0.1) is 0 Å². The van der Waals surface area contributed by atoms with Crippen molar-refractivity contribution in [1.29, 1.82) is 0 Å². The fourth-order valence-electron chi connectivity index (χ4n) is 2.01. The van der Waals surface area contributed by atoms with Gasteiger partial charge in [-0.2, -0.15) is 0 Å². The molecule has 0 radical (unpaired) electrons. The first-order valence-electron chi connectivity index (χ1n) is 6.75. The quantitative estimate of drug-likeness (QED) is 0.645. The van der Waals surface area contributed by atoms with Crippen molar-refractivity contribution in [2.75, 3.05) is 20.1 Å². The van der Waals surface area contributed by atoms with Gasteiger partial charge in [0.2, 0.25) is 5.91 Å². The van der Waals surface area contributed by atoms with E-state index in [-0.39, 0.29) is 31.2 Å². The Hall–Kier alpha value is -2.12. The number of nitrogens with one attached hydrogen (secondary N) is 1. The monoisotopic (exact) mass is 299 g/mol. The topological polar surface area (TPSA) is 107 Å². The minimum Gasteiger partial charge on any atom is -0.481 e. The van der Waals surface area contributed by atoms with E-state index >= 15 is 0 Å². The van der Waals surface area contributed by atoms with Crippen molar-refractivity contribution in [1.82, 2.24) is 15.1 Å². The summed E-state index contributed by atoms with van der Waals surface area (Å²) in [5.41, 5.74) is -0.937. The highest BCUT2D eigenvalue weighted by molar-refractivity contribution is 6.06. The first kappa shape index (κ1) is 16.9. The lowest BCUT2D eigenvalue weighted by Crippen LogP contribution is -2.40. The van der Waals surface area contributed by atoms with E-state index in [1.54, 1.807) is 20.9 Å². The maximum absolute atomic E-state index is 11.9. The van der Waals surface area contributed by atoms with Gasteiger partial charge in [-0.05, 0) is 20.3 Å². The molecular weight excluding hydrogens is 278 g/mol. The Balaban J connectivity index is 2.41. The Bertz CT molecular complexity index is 461. The van der Waals surface area contributed by atoms with Gasteiger partial charge in [0.15, 0.2) is 0 Å². The second-order valence-corrected chi connectivity index (χ2v) is 5.57. The average molecular weight is 299 g/mol. The molecule has 8 heteroatoms. The maximum Gasteiger partial charge on any atom is 0.325 e. The molecule has 0 unspecified atom stereocenters. The van der Waals surface area contributed by atoms with E-state index in [0.717, 1.165) is 4.90 Å². The molecule has 1 saturated heterocycles. The molecule has 118 valence electrons. The van der Waals surface area contributed by atoms with Crippen LogP contribution in [0.3, 0.4) is 0 Å². The molecule has 1 rings (SSSR count). The van der Waals surface area contributed by atoms with Crippen LogP contribution < -0.4 is 5.32 Å². The maximum atomic E-state index is 11.9. The van der Waals surface area contributed by atoms with Crippen LogP contribution in [0.2, 0.25) is 0 Å². The standard InChI is InChI=1S/C13H21N3O5/c1-13(2)11(20)16(12(21)14-13)8-6-9(17)15(3)7-4-5-10(18)19/h4-8H2,1-3H3,(H,14,21)(H,18,19). The lowest BCUT2D eigenvalue weighted by molar-refractivity contribution is -0.138. The van der Waals surface area contributed by atoms with Gasteiger partial charge in [0.05, 0.1) is 0 Å². The van der Waals surface area contributed by atoms with Crippen LogP contribution in [-0.2, 0) is 14.4 Å². The molecule has 0 aromatic carbocycles. The van der Waals surface area contributed by atoms with Gasteiger partial charge in [0.1, 0.15) is 5.54 Å². The fourth-order valence-corrected chi connectivity index (χ4v) is 2.01. The summed E-state index contributed by atoms with van der Waals surface area (Å²) in [5, 5.41) is 11.1. The molecule has 0 saturated carbocycles. The van der Waals surface area contributed by atoms with Gasteiger partial charge in [-0.3, -0.25) is 19.3 Å². The number of hydrogen-bond acceptors (Lipinski definition) is 4. The first-order chi connectivity index (χ1) is 9.65. The molecule has 0 spiro atoms. The number of urea groups is 1. The molecule has 0 aromatic rings. The first-order valence-corrected chi connectivity index (χ1v) is 6.75. The lowest BCUT2D eigenvalue weighted by atomic mass is 10.1. The number of carboxylic acid groups (broad SMARTS) is 1. The van der Waals surface area contributed by atoms with Gasteiger partial charge in [0.25, 0.3) is 5.91 Å². The zero-order valence-corrected chi connectivity index (χ0v) is 12.5. The number of rotatable bonds is 7. The van der Waals surface area contributed by atoms with E-state index in [1.807, 2.05) is 0 Å². The third-order valence-electron chi connectivity index (χ3n) is 3.30. The number of aliphatic carboxylic acids is 1. The summed E-state index contributed by atoms with van der Waals surface area (Å²) in [7, 11) is 1.57. The minimum absolute atomic E-state index is 0.00116. The van der Waals surface area contributed by atoms with Crippen LogP contribution in [0.5, 0.6) is 0 Å². The summed E-state index contributed by atoms with van der Waals surface area (Å²) in [5.74, 6) is -1.49. The SMILES string of the molecule is CN(CCCC(=O)O)C(=O)CCN1C(=O)NC(C)(C)C1=O. The molecule has 2 N–H and O–H groups in total. The Morgan fingerprint density at radius 3 is 2.38 bits per heavy atom. The highest BCUT2D eigenvalue weighted by atomic mass is 16.4. The molecule has 1 aliphatic heterocycles. The second-order valence-electron chi connectivity index (χ2n) is 5.57. The Morgan fingerprint density at radius 1 is 1.29 bits per heavy atom. The van der Waals surface area contributed by atoms with E-state index < -0.39 is 17.5 Å².